The van der Waals surface area contributed by atoms with Crippen molar-refractivity contribution in [2.45, 2.75) is 0 Å². The maximum absolute atomic E-state index is 9.85. The summed E-state index contributed by atoms with van der Waals surface area (Å²) in [4.78, 5) is 8.47. The van der Waals surface area contributed by atoms with Gasteiger partial charge < -0.3 is 9.52 Å². The maximum atomic E-state index is 9.85. The highest BCUT2D eigenvalue weighted by Crippen LogP contribution is 2.31. The normalized spacial score (nSPS) is 11.2. The molecule has 1 aromatic heterocycles. The van der Waals surface area contributed by atoms with E-state index in [1.165, 1.54) is 6.21 Å². The third-order valence-corrected chi connectivity index (χ3v) is 3.81. The summed E-state index contributed by atoms with van der Waals surface area (Å²) in [6.45, 7) is 0. The average molecular weight is 378 g/mol. The van der Waals surface area contributed by atoms with Crippen LogP contribution in [-0.4, -0.2) is 16.3 Å². The van der Waals surface area contributed by atoms with E-state index in [0.29, 0.717) is 16.6 Å². The van der Waals surface area contributed by atoms with Crippen molar-refractivity contribution in [1.29, 1.82) is 0 Å². The first-order valence-corrected chi connectivity index (χ1v) is 7.55. The van der Waals surface area contributed by atoms with Gasteiger partial charge in [0.05, 0.1) is 17.5 Å². The van der Waals surface area contributed by atoms with Gasteiger partial charge in [-0.25, -0.2) is 4.98 Å². The van der Waals surface area contributed by atoms with Gasteiger partial charge in [-0.3, -0.25) is 4.99 Å². The summed E-state index contributed by atoms with van der Waals surface area (Å²) in [7, 11) is 0. The number of oxazole rings is 1. The number of hydrogen-bond donors (Lipinski definition) is 1. The number of hydrogen-bond acceptors (Lipinski definition) is 4. The van der Waals surface area contributed by atoms with Gasteiger partial charge in [0.25, 0.3) is 0 Å². The second-order valence-electron chi connectivity index (χ2n) is 4.43. The van der Waals surface area contributed by atoms with Gasteiger partial charge in [-0.2, -0.15) is 0 Å². The van der Waals surface area contributed by atoms with Crippen molar-refractivity contribution < 1.29 is 9.52 Å². The Labute approximate surface area is 140 Å². The minimum absolute atomic E-state index is 0.255. The van der Waals surface area contributed by atoms with Crippen molar-refractivity contribution in [3.05, 3.63) is 63.7 Å². The summed E-state index contributed by atoms with van der Waals surface area (Å²) in [5.74, 6) is 0.0362. The first kappa shape index (κ1) is 14.8. The Hall–Kier alpha value is -2.11. The van der Waals surface area contributed by atoms with E-state index in [4.69, 9.17) is 16.0 Å². The largest absolute Gasteiger partial charge is 0.479 e. The van der Waals surface area contributed by atoms with Crippen LogP contribution in [-0.2, 0) is 0 Å². The molecule has 0 amide bonds. The number of aromatic hydroxyl groups is 1. The highest BCUT2D eigenvalue weighted by atomic mass is 79.9. The fourth-order valence-corrected chi connectivity index (χ4v) is 2.49. The zero-order chi connectivity index (χ0) is 15.5. The van der Waals surface area contributed by atoms with Crippen LogP contribution in [0.15, 0.2) is 62.4 Å². The fourth-order valence-electron chi connectivity index (χ4n) is 1.85. The molecule has 0 aliphatic rings. The summed E-state index contributed by atoms with van der Waals surface area (Å²) in [6, 6.07) is 14.5. The molecule has 1 N–H and O–H groups in total. The molecule has 0 atom stereocenters. The molecule has 110 valence electrons. The topological polar surface area (TPSA) is 58.6 Å². The molecule has 0 unspecified atom stereocenters. The van der Waals surface area contributed by atoms with Gasteiger partial charge in [0.15, 0.2) is 5.69 Å². The first-order valence-electron chi connectivity index (χ1n) is 6.38. The lowest BCUT2D eigenvalue weighted by Crippen LogP contribution is -1.83. The van der Waals surface area contributed by atoms with E-state index >= 15 is 0 Å². The van der Waals surface area contributed by atoms with Gasteiger partial charge in [0.2, 0.25) is 5.89 Å². The SMILES string of the molecule is Oc1oc(-c2ccccc2Br)nc1C=Nc1cccc(Cl)c1. The van der Waals surface area contributed by atoms with Gasteiger partial charge in [0, 0.05) is 9.50 Å². The number of aromatic nitrogens is 1. The number of benzene rings is 2. The molecule has 0 fully saturated rings. The molecule has 2 aromatic carbocycles. The van der Waals surface area contributed by atoms with E-state index in [2.05, 4.69) is 25.9 Å². The molecular weight excluding hydrogens is 368 g/mol. The third kappa shape index (κ3) is 3.21. The molecule has 0 saturated carbocycles. The van der Waals surface area contributed by atoms with E-state index in [-0.39, 0.29) is 11.6 Å². The molecule has 22 heavy (non-hydrogen) atoms. The number of rotatable bonds is 3. The Bertz CT molecular complexity index is 846. The van der Waals surface area contributed by atoms with E-state index in [0.717, 1.165) is 10.0 Å². The standard InChI is InChI=1S/C16H10BrClN2O2/c17-13-7-2-1-6-12(13)15-20-14(16(21)22-15)9-19-11-5-3-4-10(18)8-11/h1-9,21H. The van der Waals surface area contributed by atoms with Crippen LogP contribution in [0.25, 0.3) is 11.5 Å². The Morgan fingerprint density at radius 3 is 2.77 bits per heavy atom. The lowest BCUT2D eigenvalue weighted by atomic mass is 10.2. The van der Waals surface area contributed by atoms with Crippen LogP contribution in [0.2, 0.25) is 5.02 Å². The molecule has 0 bridgehead atoms. The second kappa shape index (κ2) is 6.34. The van der Waals surface area contributed by atoms with Crippen LogP contribution in [0.1, 0.15) is 5.69 Å². The Morgan fingerprint density at radius 2 is 2.00 bits per heavy atom. The monoisotopic (exact) mass is 376 g/mol. The van der Waals surface area contributed by atoms with Crippen LogP contribution in [0.4, 0.5) is 5.69 Å². The van der Waals surface area contributed by atoms with Gasteiger partial charge in [-0.05, 0) is 46.3 Å². The summed E-state index contributed by atoms with van der Waals surface area (Å²) in [5.41, 5.74) is 1.67. The molecular formula is C16H10BrClN2O2. The molecule has 0 saturated heterocycles. The molecule has 0 radical (unpaired) electrons. The van der Waals surface area contributed by atoms with Crippen LogP contribution >= 0.6 is 27.5 Å². The Balaban J connectivity index is 1.92. The van der Waals surface area contributed by atoms with Gasteiger partial charge in [-0.1, -0.05) is 29.8 Å². The summed E-state index contributed by atoms with van der Waals surface area (Å²) >= 11 is 9.32. The first-order chi connectivity index (χ1) is 10.6. The van der Waals surface area contributed by atoms with Crippen LogP contribution in [0, 0.1) is 0 Å². The third-order valence-electron chi connectivity index (χ3n) is 2.88. The van der Waals surface area contributed by atoms with Crippen molar-refractivity contribution >= 4 is 39.4 Å². The minimum atomic E-state index is -0.281. The fraction of sp³-hybridized carbons (Fsp3) is 0. The Morgan fingerprint density at radius 1 is 1.18 bits per heavy atom. The number of aliphatic imine (C=N–C) groups is 1. The molecule has 3 aromatic rings. The summed E-state index contributed by atoms with van der Waals surface area (Å²) < 4.78 is 6.12. The average Bonchev–Trinajstić information content (AvgIpc) is 2.87. The second-order valence-corrected chi connectivity index (χ2v) is 5.72. The van der Waals surface area contributed by atoms with Crippen molar-refractivity contribution in [3.8, 4) is 17.4 Å². The predicted molar refractivity (Wildman–Crippen MR) is 90.0 cm³/mol. The highest BCUT2D eigenvalue weighted by Gasteiger charge is 2.14. The summed E-state index contributed by atoms with van der Waals surface area (Å²) in [6.07, 6.45) is 1.44. The molecule has 4 nitrogen and oxygen atoms in total. The Kier molecular flexibility index (Phi) is 4.27. The van der Waals surface area contributed by atoms with Gasteiger partial charge in [-0.15, -0.1) is 0 Å². The predicted octanol–water partition coefficient (Wildman–Crippen LogP) is 5.21. The van der Waals surface area contributed by atoms with Gasteiger partial charge in [0.1, 0.15) is 0 Å². The smallest absolute Gasteiger partial charge is 0.312 e. The van der Waals surface area contributed by atoms with Gasteiger partial charge >= 0.3 is 5.95 Å². The number of nitrogens with zero attached hydrogens (tertiary/aromatic N) is 2. The maximum Gasteiger partial charge on any atom is 0.312 e. The van der Waals surface area contributed by atoms with Crippen molar-refractivity contribution in [2.75, 3.05) is 0 Å². The molecule has 0 spiro atoms. The molecule has 0 aliphatic carbocycles. The summed E-state index contributed by atoms with van der Waals surface area (Å²) in [5, 5.41) is 10.4. The lowest BCUT2D eigenvalue weighted by molar-refractivity contribution is 0.337. The van der Waals surface area contributed by atoms with Crippen LogP contribution in [0.3, 0.4) is 0 Å². The van der Waals surface area contributed by atoms with Crippen molar-refractivity contribution in [2.24, 2.45) is 4.99 Å². The van der Waals surface area contributed by atoms with E-state index < -0.39 is 0 Å². The van der Waals surface area contributed by atoms with E-state index in [9.17, 15) is 5.11 Å². The van der Waals surface area contributed by atoms with Crippen LogP contribution < -0.4 is 0 Å². The lowest BCUT2D eigenvalue weighted by Gasteiger charge is -1.97. The molecule has 6 heteroatoms. The quantitative estimate of drug-likeness (QED) is 0.637. The zero-order valence-corrected chi connectivity index (χ0v) is 13.5. The molecule has 3 rings (SSSR count). The minimum Gasteiger partial charge on any atom is -0.479 e. The van der Waals surface area contributed by atoms with Crippen molar-refractivity contribution in [1.82, 2.24) is 4.98 Å². The zero-order valence-electron chi connectivity index (χ0n) is 11.2. The van der Waals surface area contributed by atoms with E-state index in [1.54, 1.807) is 24.3 Å². The molecule has 1 heterocycles. The number of halogens is 2. The molecule has 0 aliphatic heterocycles. The van der Waals surface area contributed by atoms with Crippen LogP contribution in [0.5, 0.6) is 5.95 Å². The highest BCUT2D eigenvalue weighted by molar-refractivity contribution is 9.10. The van der Waals surface area contributed by atoms with Crippen molar-refractivity contribution in [3.63, 3.8) is 0 Å². The van der Waals surface area contributed by atoms with E-state index in [1.807, 2.05) is 24.3 Å².